The highest BCUT2D eigenvalue weighted by Gasteiger charge is 2.29. The van der Waals surface area contributed by atoms with E-state index in [4.69, 9.17) is 0 Å². The van der Waals surface area contributed by atoms with E-state index in [1.807, 2.05) is 25.3 Å². The van der Waals surface area contributed by atoms with Gasteiger partial charge in [0.2, 0.25) is 5.91 Å². The van der Waals surface area contributed by atoms with Crippen LogP contribution in [0.3, 0.4) is 0 Å². The summed E-state index contributed by atoms with van der Waals surface area (Å²) < 4.78 is 0. The molecule has 0 spiro atoms. The molecular formula is C19H30N4O. The Kier molecular flexibility index (Phi) is 5.72. The Bertz CT molecular complexity index is 527. The third-order valence-corrected chi connectivity index (χ3v) is 5.65. The molecule has 24 heavy (non-hydrogen) atoms. The Morgan fingerprint density at radius 1 is 1.21 bits per heavy atom. The Morgan fingerprint density at radius 2 is 1.96 bits per heavy atom. The number of nitrogens with zero attached hydrogens (tertiary/aromatic N) is 3. The predicted octanol–water partition coefficient (Wildman–Crippen LogP) is 2.29. The van der Waals surface area contributed by atoms with Gasteiger partial charge in [0.1, 0.15) is 5.82 Å². The summed E-state index contributed by atoms with van der Waals surface area (Å²) >= 11 is 0. The average Bonchev–Trinajstić information content (AvgIpc) is 2.64. The van der Waals surface area contributed by atoms with E-state index in [0.717, 1.165) is 38.4 Å². The fraction of sp³-hybridized carbons (Fsp3) is 0.684. The van der Waals surface area contributed by atoms with Crippen LogP contribution in [-0.2, 0) is 4.79 Å². The fourth-order valence-corrected chi connectivity index (χ4v) is 3.88. The zero-order valence-electron chi connectivity index (χ0n) is 14.9. The van der Waals surface area contributed by atoms with E-state index in [9.17, 15) is 4.79 Å². The number of aromatic nitrogens is 1. The summed E-state index contributed by atoms with van der Waals surface area (Å²) in [4.78, 5) is 21.6. The number of anilines is 1. The Morgan fingerprint density at radius 3 is 2.62 bits per heavy atom. The lowest BCUT2D eigenvalue weighted by Crippen LogP contribution is -2.56. The number of amides is 1. The highest BCUT2D eigenvalue weighted by Crippen LogP contribution is 2.24. The molecule has 0 radical (unpaired) electrons. The summed E-state index contributed by atoms with van der Waals surface area (Å²) in [5.74, 6) is 1.83. The summed E-state index contributed by atoms with van der Waals surface area (Å²) in [6, 6.07) is 6.33. The van der Waals surface area contributed by atoms with Crippen LogP contribution in [-0.4, -0.2) is 54.1 Å². The molecular weight excluding hydrogens is 300 g/mol. The van der Waals surface area contributed by atoms with E-state index in [-0.39, 0.29) is 11.9 Å². The molecule has 1 aliphatic heterocycles. The molecule has 0 bridgehead atoms. The molecule has 5 heteroatoms. The first-order chi connectivity index (χ1) is 11.6. The van der Waals surface area contributed by atoms with Gasteiger partial charge >= 0.3 is 0 Å². The number of rotatable bonds is 4. The smallest absolute Gasteiger partial charge is 0.237 e. The lowest BCUT2D eigenvalue weighted by molar-refractivity contribution is -0.127. The quantitative estimate of drug-likeness (QED) is 0.920. The van der Waals surface area contributed by atoms with Crippen molar-refractivity contribution in [3.63, 3.8) is 0 Å². The van der Waals surface area contributed by atoms with Gasteiger partial charge in [-0.05, 0) is 37.8 Å². The zero-order valence-corrected chi connectivity index (χ0v) is 14.9. The molecule has 2 aliphatic rings. The minimum Gasteiger partial charge on any atom is -0.354 e. The van der Waals surface area contributed by atoms with Crippen molar-refractivity contribution in [2.75, 3.05) is 31.1 Å². The fourth-order valence-electron chi connectivity index (χ4n) is 3.88. The van der Waals surface area contributed by atoms with Crippen molar-refractivity contribution in [3.8, 4) is 0 Å². The number of pyridine rings is 1. The maximum absolute atomic E-state index is 12.6. The van der Waals surface area contributed by atoms with Crippen molar-refractivity contribution in [2.24, 2.45) is 5.92 Å². The highest BCUT2D eigenvalue weighted by atomic mass is 16.2. The first-order valence-electron chi connectivity index (χ1n) is 9.35. The van der Waals surface area contributed by atoms with Crippen molar-refractivity contribution in [3.05, 3.63) is 24.4 Å². The second-order valence-electron chi connectivity index (χ2n) is 7.26. The van der Waals surface area contributed by atoms with Gasteiger partial charge < -0.3 is 10.2 Å². The van der Waals surface area contributed by atoms with Gasteiger partial charge in [-0.3, -0.25) is 9.69 Å². The summed E-state index contributed by atoms with van der Waals surface area (Å²) in [5.41, 5.74) is 0. The van der Waals surface area contributed by atoms with Crippen LogP contribution in [0.25, 0.3) is 0 Å². The van der Waals surface area contributed by atoms with Gasteiger partial charge in [0.25, 0.3) is 0 Å². The minimum absolute atomic E-state index is 0.0509. The van der Waals surface area contributed by atoms with E-state index in [2.05, 4.69) is 33.1 Å². The molecule has 2 heterocycles. The van der Waals surface area contributed by atoms with Crippen LogP contribution in [0.4, 0.5) is 5.82 Å². The van der Waals surface area contributed by atoms with Gasteiger partial charge in [0.15, 0.2) is 0 Å². The first-order valence-corrected chi connectivity index (χ1v) is 9.35. The monoisotopic (exact) mass is 330 g/mol. The molecule has 0 unspecified atom stereocenters. The van der Waals surface area contributed by atoms with E-state index in [1.165, 1.54) is 19.3 Å². The maximum atomic E-state index is 12.6. The van der Waals surface area contributed by atoms with Crippen molar-refractivity contribution in [2.45, 2.75) is 51.6 Å². The topological polar surface area (TPSA) is 48.5 Å². The molecule has 0 aromatic carbocycles. The van der Waals surface area contributed by atoms with E-state index >= 15 is 0 Å². The largest absolute Gasteiger partial charge is 0.354 e. The van der Waals surface area contributed by atoms with E-state index in [1.54, 1.807) is 0 Å². The lowest BCUT2D eigenvalue weighted by atomic mass is 9.86. The molecule has 1 aromatic rings. The number of nitrogens with one attached hydrogen (secondary N) is 1. The second kappa shape index (κ2) is 7.97. The standard InChI is InChI=1S/C19H30N4O/c1-15-7-3-4-8-17(15)21-19(24)16(2)22-11-13-23(14-12-22)18-9-5-6-10-20-18/h5-6,9-10,15-17H,3-4,7-8,11-14H2,1-2H3,(H,21,24)/t15-,16+,17-/m1/s1. The van der Waals surface area contributed by atoms with Gasteiger partial charge in [-0.15, -0.1) is 0 Å². The number of carbonyl (C=O) groups excluding carboxylic acids is 1. The Hall–Kier alpha value is -1.62. The normalized spacial score (nSPS) is 26.8. The summed E-state index contributed by atoms with van der Waals surface area (Å²) in [6.45, 7) is 7.97. The van der Waals surface area contributed by atoms with Gasteiger partial charge in [-0.2, -0.15) is 0 Å². The third kappa shape index (κ3) is 4.07. The summed E-state index contributed by atoms with van der Waals surface area (Å²) in [6.07, 6.45) is 6.75. The van der Waals surface area contributed by atoms with Crippen LogP contribution < -0.4 is 10.2 Å². The molecule has 1 aromatic heterocycles. The van der Waals surface area contributed by atoms with Crippen LogP contribution in [0.1, 0.15) is 39.5 Å². The molecule has 3 atom stereocenters. The molecule has 132 valence electrons. The molecule has 1 N–H and O–H groups in total. The van der Waals surface area contributed by atoms with Crippen molar-refractivity contribution in [1.82, 2.24) is 15.2 Å². The zero-order chi connectivity index (χ0) is 16.9. The van der Waals surface area contributed by atoms with Crippen LogP contribution in [0.2, 0.25) is 0 Å². The molecule has 1 aliphatic carbocycles. The SMILES string of the molecule is C[C@@H]1CCCC[C@H]1NC(=O)[C@H](C)N1CCN(c2ccccn2)CC1. The molecule has 1 saturated heterocycles. The van der Waals surface area contributed by atoms with Gasteiger partial charge in [0, 0.05) is 38.4 Å². The van der Waals surface area contributed by atoms with Crippen molar-refractivity contribution in [1.29, 1.82) is 0 Å². The van der Waals surface area contributed by atoms with Gasteiger partial charge in [-0.25, -0.2) is 4.98 Å². The average molecular weight is 330 g/mol. The molecule has 2 fully saturated rings. The summed E-state index contributed by atoms with van der Waals surface area (Å²) in [5, 5.41) is 3.30. The van der Waals surface area contributed by atoms with Crippen LogP contribution >= 0.6 is 0 Å². The van der Waals surface area contributed by atoms with Crippen molar-refractivity contribution < 1.29 is 4.79 Å². The maximum Gasteiger partial charge on any atom is 0.237 e. The van der Waals surface area contributed by atoms with Gasteiger partial charge in [0.05, 0.1) is 6.04 Å². The lowest BCUT2D eigenvalue weighted by Gasteiger charge is -2.39. The number of hydrogen-bond acceptors (Lipinski definition) is 4. The first kappa shape index (κ1) is 17.2. The molecule has 1 saturated carbocycles. The Labute approximate surface area is 145 Å². The van der Waals surface area contributed by atoms with Crippen LogP contribution in [0, 0.1) is 5.92 Å². The van der Waals surface area contributed by atoms with E-state index in [0.29, 0.717) is 12.0 Å². The van der Waals surface area contributed by atoms with Gasteiger partial charge in [-0.1, -0.05) is 25.8 Å². The molecule has 3 rings (SSSR count). The minimum atomic E-state index is -0.0509. The molecule has 5 nitrogen and oxygen atoms in total. The third-order valence-electron chi connectivity index (χ3n) is 5.65. The summed E-state index contributed by atoms with van der Waals surface area (Å²) in [7, 11) is 0. The van der Waals surface area contributed by atoms with Crippen LogP contribution in [0.15, 0.2) is 24.4 Å². The van der Waals surface area contributed by atoms with Crippen molar-refractivity contribution >= 4 is 11.7 Å². The molecule has 1 amide bonds. The predicted molar refractivity (Wildman–Crippen MR) is 97.0 cm³/mol. The second-order valence-corrected chi connectivity index (χ2v) is 7.26. The number of hydrogen-bond donors (Lipinski definition) is 1. The highest BCUT2D eigenvalue weighted by molar-refractivity contribution is 5.81. The Balaban J connectivity index is 1.49. The number of piperazine rings is 1. The number of carbonyl (C=O) groups is 1. The van der Waals surface area contributed by atoms with E-state index < -0.39 is 0 Å². The van der Waals surface area contributed by atoms with Crippen LogP contribution in [0.5, 0.6) is 0 Å².